The SMILES string of the molecule is O=S(=O)(Nc1ccccc1-n1cccc1)c1cc(C(F)(F)F)cc(C(F)(F)F)c1. The van der Waals surface area contributed by atoms with Crippen LogP contribution in [0.15, 0.2) is 71.9 Å². The van der Waals surface area contributed by atoms with Gasteiger partial charge in [0.25, 0.3) is 10.0 Å². The van der Waals surface area contributed by atoms with Crippen LogP contribution in [0.2, 0.25) is 0 Å². The highest BCUT2D eigenvalue weighted by molar-refractivity contribution is 7.92. The van der Waals surface area contributed by atoms with Gasteiger partial charge in [-0.3, -0.25) is 4.72 Å². The lowest BCUT2D eigenvalue weighted by atomic mass is 10.1. The summed E-state index contributed by atoms with van der Waals surface area (Å²) in [6.45, 7) is 0. The van der Waals surface area contributed by atoms with E-state index in [2.05, 4.69) is 4.72 Å². The van der Waals surface area contributed by atoms with Gasteiger partial charge in [-0.2, -0.15) is 26.3 Å². The first-order valence-corrected chi connectivity index (χ1v) is 9.41. The lowest BCUT2D eigenvalue weighted by Gasteiger charge is -2.16. The summed E-state index contributed by atoms with van der Waals surface area (Å²) in [5, 5.41) is 0. The zero-order valence-electron chi connectivity index (χ0n) is 14.3. The van der Waals surface area contributed by atoms with E-state index < -0.39 is 38.4 Å². The summed E-state index contributed by atoms with van der Waals surface area (Å²) < 4.78 is 107. The van der Waals surface area contributed by atoms with Gasteiger partial charge in [0, 0.05) is 12.4 Å². The Morgan fingerprint density at radius 3 is 1.79 bits per heavy atom. The number of anilines is 1. The van der Waals surface area contributed by atoms with E-state index in [1.54, 1.807) is 30.6 Å². The Hall–Kier alpha value is -2.95. The molecule has 0 aliphatic rings. The number of hydrogen-bond donors (Lipinski definition) is 1. The Kier molecular flexibility index (Phi) is 5.11. The second kappa shape index (κ2) is 7.14. The number of hydrogen-bond acceptors (Lipinski definition) is 2. The molecule has 0 saturated heterocycles. The van der Waals surface area contributed by atoms with Gasteiger partial charge in [-0.05, 0) is 42.5 Å². The third-order valence-corrected chi connectivity index (χ3v) is 5.25. The summed E-state index contributed by atoms with van der Waals surface area (Å²) in [5.41, 5.74) is -3.11. The normalized spacial score (nSPS) is 12.8. The van der Waals surface area contributed by atoms with Crippen LogP contribution in [0.5, 0.6) is 0 Å². The standard InChI is InChI=1S/C18H12F6N2O2S/c19-17(20,21)12-9-13(18(22,23)24)11-14(10-12)29(27,28)25-15-5-1-2-6-16(15)26-7-3-4-8-26/h1-11,25H. The molecule has 0 unspecified atom stereocenters. The minimum atomic E-state index is -5.16. The van der Waals surface area contributed by atoms with Crippen molar-refractivity contribution in [3.05, 3.63) is 78.1 Å². The molecule has 4 nitrogen and oxygen atoms in total. The number of para-hydroxylation sites is 2. The molecule has 29 heavy (non-hydrogen) atoms. The monoisotopic (exact) mass is 434 g/mol. The van der Waals surface area contributed by atoms with Gasteiger partial charge in [-0.25, -0.2) is 8.42 Å². The molecule has 0 aliphatic heterocycles. The van der Waals surface area contributed by atoms with E-state index in [9.17, 15) is 34.8 Å². The number of alkyl halides is 6. The fourth-order valence-electron chi connectivity index (χ4n) is 2.57. The summed E-state index contributed by atoms with van der Waals surface area (Å²) >= 11 is 0. The van der Waals surface area contributed by atoms with E-state index in [-0.39, 0.29) is 23.9 Å². The fraction of sp³-hybridized carbons (Fsp3) is 0.111. The summed E-state index contributed by atoms with van der Waals surface area (Å²) in [7, 11) is -4.76. The first-order chi connectivity index (χ1) is 13.4. The van der Waals surface area contributed by atoms with Crippen molar-refractivity contribution in [1.29, 1.82) is 0 Å². The third kappa shape index (κ3) is 4.56. The molecule has 0 saturated carbocycles. The van der Waals surface area contributed by atoms with Crippen LogP contribution in [0.25, 0.3) is 5.69 Å². The molecule has 0 spiro atoms. The van der Waals surface area contributed by atoms with Gasteiger partial charge >= 0.3 is 12.4 Å². The highest BCUT2D eigenvalue weighted by Gasteiger charge is 2.38. The lowest BCUT2D eigenvalue weighted by Crippen LogP contribution is -2.18. The van der Waals surface area contributed by atoms with Crippen LogP contribution in [-0.2, 0) is 22.4 Å². The first kappa shape index (κ1) is 20.8. The van der Waals surface area contributed by atoms with Gasteiger partial charge < -0.3 is 4.57 Å². The van der Waals surface area contributed by atoms with Crippen LogP contribution in [0.4, 0.5) is 32.0 Å². The largest absolute Gasteiger partial charge is 0.416 e. The number of nitrogens with one attached hydrogen (secondary N) is 1. The van der Waals surface area contributed by atoms with Gasteiger partial charge in [0.2, 0.25) is 0 Å². The molecule has 0 aliphatic carbocycles. The molecule has 0 amide bonds. The maximum atomic E-state index is 13.0. The van der Waals surface area contributed by atoms with E-state index in [1.807, 2.05) is 0 Å². The van der Waals surface area contributed by atoms with Gasteiger partial charge in [-0.15, -0.1) is 0 Å². The second-order valence-corrected chi connectivity index (χ2v) is 7.64. The van der Waals surface area contributed by atoms with Crippen LogP contribution in [0, 0.1) is 0 Å². The number of rotatable bonds is 4. The Morgan fingerprint density at radius 1 is 0.759 bits per heavy atom. The Balaban J connectivity index is 2.10. The average Bonchev–Trinajstić information content (AvgIpc) is 3.14. The number of nitrogens with zero attached hydrogens (tertiary/aromatic N) is 1. The van der Waals surface area contributed by atoms with Crippen molar-refractivity contribution in [1.82, 2.24) is 4.57 Å². The summed E-state index contributed by atoms with van der Waals surface area (Å²) in [6, 6.07) is 9.45. The highest BCUT2D eigenvalue weighted by atomic mass is 32.2. The van der Waals surface area contributed by atoms with E-state index >= 15 is 0 Å². The van der Waals surface area contributed by atoms with Crippen molar-refractivity contribution >= 4 is 15.7 Å². The minimum Gasteiger partial charge on any atom is -0.322 e. The summed E-state index contributed by atoms with van der Waals surface area (Å²) in [6.07, 6.45) is -7.12. The molecule has 11 heteroatoms. The molecule has 0 fully saturated rings. The predicted molar refractivity (Wildman–Crippen MR) is 93.0 cm³/mol. The molecule has 1 heterocycles. The molecule has 0 bridgehead atoms. The predicted octanol–water partition coefficient (Wildman–Crippen LogP) is 5.32. The Bertz CT molecular complexity index is 1090. The van der Waals surface area contributed by atoms with Crippen LogP contribution in [0.1, 0.15) is 11.1 Å². The molecule has 1 N–H and O–H groups in total. The van der Waals surface area contributed by atoms with Crippen molar-refractivity contribution in [3.63, 3.8) is 0 Å². The van der Waals surface area contributed by atoms with Gasteiger partial charge in [0.15, 0.2) is 0 Å². The summed E-state index contributed by atoms with van der Waals surface area (Å²) in [4.78, 5) is -1.15. The third-order valence-electron chi connectivity index (χ3n) is 3.90. The van der Waals surface area contributed by atoms with Gasteiger partial charge in [0.1, 0.15) is 0 Å². The molecule has 1 aromatic heterocycles. The van der Waals surface area contributed by atoms with E-state index in [0.29, 0.717) is 5.69 Å². The lowest BCUT2D eigenvalue weighted by molar-refractivity contribution is -0.143. The van der Waals surface area contributed by atoms with Gasteiger partial charge in [-0.1, -0.05) is 12.1 Å². The average molecular weight is 434 g/mol. The van der Waals surface area contributed by atoms with Crippen LogP contribution in [0.3, 0.4) is 0 Å². The van der Waals surface area contributed by atoms with Gasteiger partial charge in [0.05, 0.1) is 27.4 Å². The zero-order valence-corrected chi connectivity index (χ0v) is 15.1. The molecule has 0 atom stereocenters. The van der Waals surface area contributed by atoms with Crippen LogP contribution in [-0.4, -0.2) is 13.0 Å². The second-order valence-electron chi connectivity index (χ2n) is 5.95. The van der Waals surface area contributed by atoms with Crippen molar-refractivity contribution in [2.75, 3.05) is 4.72 Å². The van der Waals surface area contributed by atoms with Crippen LogP contribution < -0.4 is 4.72 Å². The van der Waals surface area contributed by atoms with E-state index in [0.717, 1.165) is 0 Å². The highest BCUT2D eigenvalue weighted by Crippen LogP contribution is 2.37. The van der Waals surface area contributed by atoms with Crippen molar-refractivity contribution in [2.45, 2.75) is 17.2 Å². The van der Waals surface area contributed by atoms with Crippen molar-refractivity contribution < 1.29 is 34.8 Å². The number of sulfonamides is 1. The van der Waals surface area contributed by atoms with Crippen molar-refractivity contribution in [3.8, 4) is 5.69 Å². The van der Waals surface area contributed by atoms with Crippen LogP contribution >= 0.6 is 0 Å². The molecular formula is C18H12F6N2O2S. The fourth-order valence-corrected chi connectivity index (χ4v) is 3.71. The number of aromatic nitrogens is 1. The topological polar surface area (TPSA) is 51.1 Å². The molecule has 0 radical (unpaired) electrons. The summed E-state index contributed by atoms with van der Waals surface area (Å²) in [5.74, 6) is 0. The maximum absolute atomic E-state index is 13.0. The van der Waals surface area contributed by atoms with Crippen molar-refractivity contribution in [2.24, 2.45) is 0 Å². The molecule has 2 aromatic carbocycles. The molecule has 154 valence electrons. The van der Waals surface area contributed by atoms with E-state index in [1.165, 1.54) is 22.8 Å². The molecular weight excluding hydrogens is 422 g/mol. The molecule has 3 rings (SSSR count). The Morgan fingerprint density at radius 2 is 1.28 bits per heavy atom. The minimum absolute atomic E-state index is 0.0188. The number of benzene rings is 2. The van der Waals surface area contributed by atoms with E-state index in [4.69, 9.17) is 0 Å². The smallest absolute Gasteiger partial charge is 0.322 e. The first-order valence-electron chi connectivity index (χ1n) is 7.92. The Labute approximate surface area is 161 Å². The quantitative estimate of drug-likeness (QED) is 0.566. The zero-order chi connectivity index (χ0) is 21.4. The maximum Gasteiger partial charge on any atom is 0.416 e. The molecule has 3 aromatic rings. The number of halogens is 6.